The molecule has 0 aliphatic rings. The number of nitrogens with one attached hydrogen (secondary N) is 2. The maximum absolute atomic E-state index is 11.3. The summed E-state index contributed by atoms with van der Waals surface area (Å²) in [4.78, 5) is 11.3. The first-order valence-corrected chi connectivity index (χ1v) is 5.74. The number of hydrogen-bond acceptors (Lipinski definition) is 2. The highest BCUT2D eigenvalue weighted by atomic mass is 16.1. The van der Waals surface area contributed by atoms with E-state index in [9.17, 15) is 4.79 Å². The van der Waals surface area contributed by atoms with Crippen molar-refractivity contribution in [3.63, 3.8) is 0 Å². The molecule has 0 unspecified atom stereocenters. The van der Waals surface area contributed by atoms with Gasteiger partial charge in [-0.05, 0) is 25.3 Å². The Kier molecular flexibility index (Phi) is 5.20. The van der Waals surface area contributed by atoms with E-state index in [2.05, 4.69) is 17.4 Å². The number of nitrogens with two attached hydrogens (primary N) is 1. The van der Waals surface area contributed by atoms with Crippen LogP contribution in [0, 0.1) is 5.41 Å². The summed E-state index contributed by atoms with van der Waals surface area (Å²) in [5, 5.41) is 9.84. The summed E-state index contributed by atoms with van der Waals surface area (Å²) >= 11 is 0. The standard InChI is InChI=1S/C13H19N3O/c1-10(16-13(17)9-12(14)15)7-8-11-5-3-2-4-6-11/h2-6,10H,7-9H2,1H3,(H3,14,15)(H,16,17)/t10-/m1/s1. The molecule has 0 radical (unpaired) electrons. The molecule has 0 aromatic heterocycles. The number of benzene rings is 1. The Morgan fingerprint density at radius 3 is 2.65 bits per heavy atom. The molecule has 4 N–H and O–H groups in total. The first-order chi connectivity index (χ1) is 8.08. The third-order valence-electron chi connectivity index (χ3n) is 2.47. The first kappa shape index (κ1) is 13.2. The van der Waals surface area contributed by atoms with Gasteiger partial charge in [-0.1, -0.05) is 30.3 Å². The van der Waals surface area contributed by atoms with E-state index in [1.807, 2.05) is 25.1 Å². The maximum Gasteiger partial charge on any atom is 0.227 e. The van der Waals surface area contributed by atoms with Crippen LogP contribution in [0.2, 0.25) is 0 Å². The second-order valence-electron chi connectivity index (χ2n) is 4.19. The Balaban J connectivity index is 2.28. The summed E-state index contributed by atoms with van der Waals surface area (Å²) in [6.07, 6.45) is 1.80. The van der Waals surface area contributed by atoms with Crippen LogP contribution in [-0.4, -0.2) is 17.8 Å². The number of rotatable bonds is 6. The molecular formula is C13H19N3O. The number of amides is 1. The molecule has 1 aromatic carbocycles. The van der Waals surface area contributed by atoms with Gasteiger partial charge in [0.2, 0.25) is 5.91 Å². The molecule has 1 rings (SSSR count). The van der Waals surface area contributed by atoms with Crippen molar-refractivity contribution >= 4 is 11.7 Å². The van der Waals surface area contributed by atoms with Gasteiger partial charge >= 0.3 is 0 Å². The third-order valence-corrected chi connectivity index (χ3v) is 2.47. The normalized spacial score (nSPS) is 11.8. The minimum Gasteiger partial charge on any atom is -0.387 e. The van der Waals surface area contributed by atoms with Crippen LogP contribution in [0.4, 0.5) is 0 Å². The van der Waals surface area contributed by atoms with E-state index in [1.165, 1.54) is 5.56 Å². The average Bonchev–Trinajstić information content (AvgIpc) is 2.26. The quantitative estimate of drug-likeness (QED) is 0.513. The van der Waals surface area contributed by atoms with E-state index in [0.29, 0.717) is 0 Å². The molecule has 0 saturated heterocycles. The lowest BCUT2D eigenvalue weighted by molar-refractivity contribution is -0.120. The van der Waals surface area contributed by atoms with Gasteiger partial charge in [0, 0.05) is 6.04 Å². The molecule has 0 saturated carbocycles. The molecule has 0 bridgehead atoms. The van der Waals surface area contributed by atoms with Crippen LogP contribution < -0.4 is 11.1 Å². The fourth-order valence-corrected chi connectivity index (χ4v) is 1.60. The monoisotopic (exact) mass is 233 g/mol. The lowest BCUT2D eigenvalue weighted by atomic mass is 10.1. The van der Waals surface area contributed by atoms with Crippen molar-refractivity contribution in [1.29, 1.82) is 5.41 Å². The molecule has 4 nitrogen and oxygen atoms in total. The van der Waals surface area contributed by atoms with Crippen molar-refractivity contribution in [2.24, 2.45) is 5.73 Å². The van der Waals surface area contributed by atoms with Crippen molar-refractivity contribution in [3.8, 4) is 0 Å². The molecule has 92 valence electrons. The molecule has 4 heteroatoms. The number of hydrogen-bond donors (Lipinski definition) is 3. The van der Waals surface area contributed by atoms with Gasteiger partial charge in [0.15, 0.2) is 0 Å². The molecule has 1 amide bonds. The average molecular weight is 233 g/mol. The van der Waals surface area contributed by atoms with Crippen LogP contribution in [-0.2, 0) is 11.2 Å². The van der Waals surface area contributed by atoms with Gasteiger partial charge < -0.3 is 11.1 Å². The SMILES string of the molecule is C[C@H](CCc1ccccc1)NC(=O)CC(=N)N. The van der Waals surface area contributed by atoms with Gasteiger partial charge in [0.05, 0.1) is 12.3 Å². The molecule has 0 fully saturated rings. The van der Waals surface area contributed by atoms with E-state index >= 15 is 0 Å². The molecular weight excluding hydrogens is 214 g/mol. The molecule has 0 spiro atoms. The summed E-state index contributed by atoms with van der Waals surface area (Å²) in [6.45, 7) is 1.96. The van der Waals surface area contributed by atoms with E-state index < -0.39 is 0 Å². The predicted octanol–water partition coefficient (Wildman–Crippen LogP) is 1.45. The van der Waals surface area contributed by atoms with Gasteiger partial charge in [-0.15, -0.1) is 0 Å². The van der Waals surface area contributed by atoms with E-state index in [1.54, 1.807) is 0 Å². The summed E-state index contributed by atoms with van der Waals surface area (Å²) in [5.41, 5.74) is 6.42. The lowest BCUT2D eigenvalue weighted by Crippen LogP contribution is -2.35. The summed E-state index contributed by atoms with van der Waals surface area (Å²) in [5.74, 6) is -0.282. The number of amidine groups is 1. The first-order valence-electron chi connectivity index (χ1n) is 5.74. The minimum atomic E-state index is -0.182. The smallest absolute Gasteiger partial charge is 0.227 e. The highest BCUT2D eigenvalue weighted by Gasteiger charge is 2.08. The fraction of sp³-hybridized carbons (Fsp3) is 0.385. The van der Waals surface area contributed by atoms with Crippen molar-refractivity contribution in [2.45, 2.75) is 32.2 Å². The zero-order valence-corrected chi connectivity index (χ0v) is 10.1. The lowest BCUT2D eigenvalue weighted by Gasteiger charge is -2.13. The minimum absolute atomic E-state index is 0.0182. The Bertz CT molecular complexity index is 376. The zero-order valence-electron chi connectivity index (χ0n) is 10.1. The zero-order chi connectivity index (χ0) is 12.7. The van der Waals surface area contributed by atoms with Crippen LogP contribution >= 0.6 is 0 Å². The Labute approximate surface area is 102 Å². The van der Waals surface area contributed by atoms with E-state index in [-0.39, 0.29) is 24.2 Å². The molecule has 17 heavy (non-hydrogen) atoms. The van der Waals surface area contributed by atoms with Crippen LogP contribution in [0.25, 0.3) is 0 Å². The summed E-state index contributed by atoms with van der Waals surface area (Å²) < 4.78 is 0. The third kappa shape index (κ3) is 5.70. The van der Waals surface area contributed by atoms with E-state index in [0.717, 1.165) is 12.8 Å². The fourth-order valence-electron chi connectivity index (χ4n) is 1.60. The van der Waals surface area contributed by atoms with E-state index in [4.69, 9.17) is 11.1 Å². The Morgan fingerprint density at radius 2 is 2.06 bits per heavy atom. The highest BCUT2D eigenvalue weighted by molar-refractivity contribution is 5.97. The van der Waals surface area contributed by atoms with Gasteiger partial charge in [-0.2, -0.15) is 0 Å². The number of carbonyl (C=O) groups excluding carboxylic acids is 1. The largest absolute Gasteiger partial charge is 0.387 e. The summed E-state index contributed by atoms with van der Waals surface area (Å²) in [6, 6.07) is 10.3. The highest BCUT2D eigenvalue weighted by Crippen LogP contribution is 2.04. The van der Waals surface area contributed by atoms with Crippen molar-refractivity contribution < 1.29 is 4.79 Å². The van der Waals surface area contributed by atoms with Crippen LogP contribution in [0.15, 0.2) is 30.3 Å². The predicted molar refractivity (Wildman–Crippen MR) is 68.9 cm³/mol. The summed E-state index contributed by atoms with van der Waals surface area (Å²) in [7, 11) is 0. The Hall–Kier alpha value is -1.84. The molecule has 0 aliphatic carbocycles. The number of carbonyl (C=O) groups is 1. The van der Waals surface area contributed by atoms with Crippen molar-refractivity contribution in [2.75, 3.05) is 0 Å². The van der Waals surface area contributed by atoms with Crippen LogP contribution in [0.3, 0.4) is 0 Å². The van der Waals surface area contributed by atoms with Crippen LogP contribution in [0.5, 0.6) is 0 Å². The van der Waals surface area contributed by atoms with Crippen molar-refractivity contribution in [1.82, 2.24) is 5.32 Å². The van der Waals surface area contributed by atoms with Gasteiger partial charge in [0.25, 0.3) is 0 Å². The second-order valence-corrected chi connectivity index (χ2v) is 4.19. The number of aryl methyl sites for hydroxylation is 1. The van der Waals surface area contributed by atoms with Gasteiger partial charge in [-0.3, -0.25) is 10.2 Å². The maximum atomic E-state index is 11.3. The molecule has 0 heterocycles. The van der Waals surface area contributed by atoms with Gasteiger partial charge in [0.1, 0.15) is 0 Å². The second kappa shape index (κ2) is 6.68. The van der Waals surface area contributed by atoms with Crippen LogP contribution in [0.1, 0.15) is 25.3 Å². The molecule has 0 aliphatic heterocycles. The Morgan fingerprint density at radius 1 is 1.41 bits per heavy atom. The topological polar surface area (TPSA) is 79.0 Å². The van der Waals surface area contributed by atoms with Crippen molar-refractivity contribution in [3.05, 3.63) is 35.9 Å². The molecule has 1 aromatic rings. The molecule has 1 atom stereocenters. The van der Waals surface area contributed by atoms with Gasteiger partial charge in [-0.25, -0.2) is 0 Å².